The van der Waals surface area contributed by atoms with Crippen molar-refractivity contribution < 1.29 is 19.2 Å². The van der Waals surface area contributed by atoms with Gasteiger partial charge in [-0.05, 0) is 12.8 Å². The second-order valence-electron chi connectivity index (χ2n) is 4.89. The van der Waals surface area contributed by atoms with Gasteiger partial charge in [0.25, 0.3) is 5.91 Å². The van der Waals surface area contributed by atoms with Gasteiger partial charge in [0.05, 0.1) is 0 Å². The van der Waals surface area contributed by atoms with E-state index in [2.05, 4.69) is 5.32 Å². The third-order valence-corrected chi connectivity index (χ3v) is 2.80. The van der Waals surface area contributed by atoms with Crippen molar-refractivity contribution >= 4 is 5.91 Å². The maximum absolute atomic E-state index is 11.6. The third kappa shape index (κ3) is 4.43. The van der Waals surface area contributed by atoms with Gasteiger partial charge in [0.15, 0.2) is 18.6 Å². The van der Waals surface area contributed by atoms with Crippen LogP contribution < -0.4 is 14.6 Å². The highest BCUT2D eigenvalue weighted by atomic mass is 16.5. The molecular weight excluding hydrogens is 244 g/mol. The molecule has 0 radical (unpaired) electrons. The van der Waals surface area contributed by atoms with Gasteiger partial charge in [0, 0.05) is 19.5 Å². The number of carbonyl (C=O) groups is 1. The first-order valence-electron chi connectivity index (χ1n) is 6.57. The topological polar surface area (TPSA) is 62.4 Å². The van der Waals surface area contributed by atoms with E-state index in [1.165, 1.54) is 0 Å². The summed E-state index contributed by atoms with van der Waals surface area (Å²) in [6, 6.07) is 1.57. The Hall–Kier alpha value is -1.78. The van der Waals surface area contributed by atoms with Crippen LogP contribution in [-0.4, -0.2) is 24.2 Å². The first kappa shape index (κ1) is 15.3. The summed E-state index contributed by atoms with van der Waals surface area (Å²) in [5.41, 5.74) is 0.805. The number of pyridine rings is 1. The van der Waals surface area contributed by atoms with Crippen molar-refractivity contribution in [2.75, 3.05) is 13.2 Å². The molecule has 0 saturated carbocycles. The van der Waals surface area contributed by atoms with Crippen LogP contribution in [0.15, 0.2) is 12.3 Å². The van der Waals surface area contributed by atoms with E-state index in [4.69, 9.17) is 4.74 Å². The Morgan fingerprint density at radius 2 is 2.21 bits per heavy atom. The van der Waals surface area contributed by atoms with Gasteiger partial charge in [0.2, 0.25) is 11.4 Å². The number of nitrogens with zero attached hydrogens (tertiary/aromatic N) is 1. The first-order chi connectivity index (χ1) is 8.95. The van der Waals surface area contributed by atoms with Gasteiger partial charge < -0.3 is 15.2 Å². The number of nitrogens with one attached hydrogen (secondary N) is 1. The van der Waals surface area contributed by atoms with E-state index in [1.54, 1.807) is 12.3 Å². The van der Waals surface area contributed by atoms with Gasteiger partial charge in [-0.3, -0.25) is 4.79 Å². The van der Waals surface area contributed by atoms with Crippen LogP contribution in [0.1, 0.15) is 26.5 Å². The van der Waals surface area contributed by atoms with Crippen LogP contribution in [0.3, 0.4) is 0 Å². The van der Waals surface area contributed by atoms with E-state index in [9.17, 15) is 9.90 Å². The normalized spacial score (nSPS) is 10.6. The molecular formula is C14H23N2O3+. The molecule has 0 fully saturated rings. The fraction of sp³-hybridized carbons (Fsp3) is 0.571. The molecule has 0 aliphatic rings. The Bertz CT molecular complexity index is 445. The van der Waals surface area contributed by atoms with Gasteiger partial charge in [-0.1, -0.05) is 13.8 Å². The SMILES string of the molecule is CC[n+]1ccc(O)c(OCC(=O)NCC(C)C)c1C. The Morgan fingerprint density at radius 1 is 1.53 bits per heavy atom. The van der Waals surface area contributed by atoms with Crippen LogP contribution in [0.2, 0.25) is 0 Å². The van der Waals surface area contributed by atoms with Crippen LogP contribution in [0, 0.1) is 12.8 Å². The number of aromatic nitrogens is 1. The predicted octanol–water partition coefficient (Wildman–Crippen LogP) is 1.16. The molecule has 0 atom stereocenters. The maximum atomic E-state index is 11.6. The van der Waals surface area contributed by atoms with Gasteiger partial charge in [0.1, 0.15) is 6.54 Å². The van der Waals surface area contributed by atoms with Crippen LogP contribution >= 0.6 is 0 Å². The second kappa shape index (κ2) is 6.97. The molecule has 1 aromatic rings. The van der Waals surface area contributed by atoms with Crippen molar-refractivity contribution in [1.82, 2.24) is 5.32 Å². The molecule has 1 rings (SSSR count). The minimum absolute atomic E-state index is 0.0545. The van der Waals surface area contributed by atoms with Crippen molar-refractivity contribution in [3.8, 4) is 11.5 Å². The molecule has 19 heavy (non-hydrogen) atoms. The number of aromatic hydroxyl groups is 1. The van der Waals surface area contributed by atoms with Gasteiger partial charge in [-0.25, -0.2) is 0 Å². The maximum Gasteiger partial charge on any atom is 0.257 e. The zero-order valence-corrected chi connectivity index (χ0v) is 12.1. The molecule has 5 heteroatoms. The number of aryl methyl sites for hydroxylation is 1. The molecule has 0 aliphatic carbocycles. The summed E-state index contributed by atoms with van der Waals surface area (Å²) < 4.78 is 7.37. The molecule has 106 valence electrons. The standard InChI is InChI=1S/C14H22N2O3/c1-5-16-7-6-12(17)14(11(16)4)19-9-13(18)15-8-10(2)3/h6-7,10H,5,8-9H2,1-4H3,(H,15,18)/p+1. The average molecular weight is 267 g/mol. The molecule has 5 nitrogen and oxygen atoms in total. The molecule has 0 aromatic carbocycles. The number of carbonyl (C=O) groups excluding carboxylic acids is 1. The number of amides is 1. The van der Waals surface area contributed by atoms with Gasteiger partial charge in [-0.15, -0.1) is 0 Å². The first-order valence-corrected chi connectivity index (χ1v) is 6.57. The number of ether oxygens (including phenoxy) is 1. The lowest BCUT2D eigenvalue weighted by atomic mass is 10.2. The van der Waals surface area contributed by atoms with Crippen LogP contribution in [0.5, 0.6) is 11.5 Å². The quantitative estimate of drug-likeness (QED) is 0.760. The van der Waals surface area contributed by atoms with Crippen LogP contribution in [0.25, 0.3) is 0 Å². The van der Waals surface area contributed by atoms with Crippen molar-refractivity contribution in [2.24, 2.45) is 5.92 Å². The molecule has 1 amide bonds. The Kier molecular flexibility index (Phi) is 5.60. The average Bonchev–Trinajstić information content (AvgIpc) is 2.36. The zero-order valence-electron chi connectivity index (χ0n) is 12.1. The lowest BCUT2D eigenvalue weighted by Gasteiger charge is -2.11. The number of hydrogen-bond donors (Lipinski definition) is 2. The van der Waals surface area contributed by atoms with Crippen molar-refractivity contribution in [2.45, 2.75) is 34.2 Å². The minimum atomic E-state index is -0.181. The Balaban J connectivity index is 2.65. The molecule has 0 saturated heterocycles. The van der Waals surface area contributed by atoms with Crippen LogP contribution in [-0.2, 0) is 11.3 Å². The van der Waals surface area contributed by atoms with Crippen molar-refractivity contribution in [3.05, 3.63) is 18.0 Å². The van der Waals surface area contributed by atoms with E-state index in [-0.39, 0.29) is 18.3 Å². The lowest BCUT2D eigenvalue weighted by Crippen LogP contribution is -2.36. The third-order valence-electron chi connectivity index (χ3n) is 2.80. The summed E-state index contributed by atoms with van der Waals surface area (Å²) in [5, 5.41) is 12.5. The van der Waals surface area contributed by atoms with Gasteiger partial charge >= 0.3 is 0 Å². The molecule has 0 unspecified atom stereocenters. The largest absolute Gasteiger partial charge is 0.504 e. The fourth-order valence-corrected chi connectivity index (χ4v) is 1.69. The van der Waals surface area contributed by atoms with Gasteiger partial charge in [-0.2, -0.15) is 4.57 Å². The minimum Gasteiger partial charge on any atom is -0.504 e. The predicted molar refractivity (Wildman–Crippen MR) is 72.1 cm³/mol. The lowest BCUT2D eigenvalue weighted by molar-refractivity contribution is -0.699. The summed E-state index contributed by atoms with van der Waals surface area (Å²) in [6.45, 7) is 9.22. The fourth-order valence-electron chi connectivity index (χ4n) is 1.69. The molecule has 2 N–H and O–H groups in total. The number of rotatable bonds is 6. The highest BCUT2D eigenvalue weighted by molar-refractivity contribution is 5.77. The van der Waals surface area contributed by atoms with Crippen LogP contribution in [0.4, 0.5) is 0 Å². The van der Waals surface area contributed by atoms with E-state index in [0.717, 1.165) is 12.2 Å². The second-order valence-corrected chi connectivity index (χ2v) is 4.89. The highest BCUT2D eigenvalue weighted by Crippen LogP contribution is 2.26. The summed E-state index contributed by atoms with van der Waals surface area (Å²) in [4.78, 5) is 11.6. The van der Waals surface area contributed by atoms with E-state index < -0.39 is 0 Å². The monoisotopic (exact) mass is 267 g/mol. The summed E-state index contributed by atoms with van der Waals surface area (Å²) in [6.07, 6.45) is 1.79. The highest BCUT2D eigenvalue weighted by Gasteiger charge is 2.17. The molecule has 0 bridgehead atoms. The number of hydrogen-bond acceptors (Lipinski definition) is 3. The van der Waals surface area contributed by atoms with E-state index in [0.29, 0.717) is 18.2 Å². The molecule has 0 spiro atoms. The summed E-state index contributed by atoms with van der Waals surface area (Å²) in [7, 11) is 0. The van der Waals surface area contributed by atoms with E-state index in [1.807, 2.05) is 32.3 Å². The zero-order chi connectivity index (χ0) is 14.4. The Labute approximate surface area is 114 Å². The Morgan fingerprint density at radius 3 is 2.79 bits per heavy atom. The summed E-state index contributed by atoms with van der Waals surface area (Å²) >= 11 is 0. The van der Waals surface area contributed by atoms with E-state index >= 15 is 0 Å². The van der Waals surface area contributed by atoms with Crippen molar-refractivity contribution in [1.29, 1.82) is 0 Å². The molecule has 0 aliphatic heterocycles. The summed E-state index contributed by atoms with van der Waals surface area (Å²) in [5.74, 6) is 0.639. The molecule has 1 heterocycles. The smallest absolute Gasteiger partial charge is 0.257 e. The molecule has 1 aromatic heterocycles. The van der Waals surface area contributed by atoms with Crippen molar-refractivity contribution in [3.63, 3.8) is 0 Å².